The van der Waals surface area contributed by atoms with Crippen molar-refractivity contribution in [2.24, 2.45) is 13.0 Å². The van der Waals surface area contributed by atoms with E-state index in [1.54, 1.807) is 0 Å². The summed E-state index contributed by atoms with van der Waals surface area (Å²) in [5.41, 5.74) is 3.50. The summed E-state index contributed by atoms with van der Waals surface area (Å²) in [7, 11) is 2.07. The van der Waals surface area contributed by atoms with Gasteiger partial charge in [-0.15, -0.1) is 0 Å². The summed E-state index contributed by atoms with van der Waals surface area (Å²) in [6, 6.07) is 8.27. The van der Waals surface area contributed by atoms with Crippen molar-refractivity contribution in [2.75, 3.05) is 13.1 Å². The van der Waals surface area contributed by atoms with Crippen molar-refractivity contribution in [2.45, 2.75) is 25.8 Å². The maximum Gasteiger partial charge on any atom is 0.107 e. The fraction of sp³-hybridized carbons (Fsp3) is 0.444. The summed E-state index contributed by atoms with van der Waals surface area (Å²) in [4.78, 5) is 15.0. The van der Waals surface area contributed by atoms with Gasteiger partial charge >= 0.3 is 0 Å². The van der Waals surface area contributed by atoms with Crippen molar-refractivity contribution in [1.82, 2.24) is 24.4 Å². The fourth-order valence-corrected chi connectivity index (χ4v) is 3.60. The minimum atomic E-state index is 0.678. The number of piperidine rings is 1. The van der Waals surface area contributed by atoms with Crippen LogP contribution in [-0.4, -0.2) is 37.5 Å². The van der Waals surface area contributed by atoms with Gasteiger partial charge in [-0.2, -0.15) is 0 Å². The highest BCUT2D eigenvalue weighted by Crippen LogP contribution is 2.22. The molecule has 1 saturated heterocycles. The second-order valence-electron chi connectivity index (χ2n) is 6.64. The van der Waals surface area contributed by atoms with Gasteiger partial charge in [-0.1, -0.05) is 12.1 Å². The third-order valence-corrected chi connectivity index (χ3v) is 4.83. The molecule has 4 rings (SSSR count). The first-order valence-corrected chi connectivity index (χ1v) is 8.39. The number of aromatic amines is 1. The number of fused-ring (bicyclic) bond motifs is 1. The second-order valence-corrected chi connectivity index (χ2v) is 6.64. The summed E-state index contributed by atoms with van der Waals surface area (Å²) >= 11 is 0. The van der Waals surface area contributed by atoms with Crippen LogP contribution in [0.5, 0.6) is 0 Å². The Morgan fingerprint density at radius 2 is 2.22 bits per heavy atom. The SMILES string of the molecule is Cn1cncc1CN1CCC[C@H](Cc2nc3ccccc3[nH]2)C1. The van der Waals surface area contributed by atoms with Crippen LogP contribution in [0.3, 0.4) is 0 Å². The van der Waals surface area contributed by atoms with Gasteiger partial charge in [-0.25, -0.2) is 9.97 Å². The number of nitrogens with one attached hydrogen (secondary N) is 1. The molecule has 1 aliphatic heterocycles. The zero-order valence-electron chi connectivity index (χ0n) is 13.6. The van der Waals surface area contributed by atoms with E-state index in [1.807, 2.05) is 18.6 Å². The van der Waals surface area contributed by atoms with Gasteiger partial charge in [0.25, 0.3) is 0 Å². The molecule has 2 aromatic heterocycles. The van der Waals surface area contributed by atoms with E-state index < -0.39 is 0 Å². The molecule has 0 saturated carbocycles. The Morgan fingerprint density at radius 3 is 3.04 bits per heavy atom. The van der Waals surface area contributed by atoms with Gasteiger partial charge in [-0.3, -0.25) is 4.90 Å². The van der Waals surface area contributed by atoms with Crippen molar-refractivity contribution in [3.05, 3.63) is 48.3 Å². The van der Waals surface area contributed by atoms with Gasteiger partial charge in [0.15, 0.2) is 0 Å². The molecule has 0 spiro atoms. The van der Waals surface area contributed by atoms with Crippen LogP contribution in [0.4, 0.5) is 0 Å². The molecular formula is C18H23N5. The van der Waals surface area contributed by atoms with Gasteiger partial charge in [0, 0.05) is 32.8 Å². The molecule has 1 fully saturated rings. The topological polar surface area (TPSA) is 49.7 Å². The molecule has 0 unspecified atom stereocenters. The Morgan fingerprint density at radius 1 is 1.30 bits per heavy atom. The standard InChI is InChI=1S/C18H23N5/c1-22-13-19-10-15(22)12-23-8-4-5-14(11-23)9-18-20-16-6-2-3-7-17(16)21-18/h2-3,6-7,10,13-14H,4-5,8-9,11-12H2,1H3,(H,20,21)/t14-/m1/s1. The van der Waals surface area contributed by atoms with Crippen molar-refractivity contribution >= 4 is 11.0 Å². The molecule has 0 bridgehead atoms. The predicted molar refractivity (Wildman–Crippen MR) is 91.0 cm³/mol. The lowest BCUT2D eigenvalue weighted by Crippen LogP contribution is -2.36. The van der Waals surface area contributed by atoms with Crippen LogP contribution < -0.4 is 0 Å². The number of aromatic nitrogens is 4. The number of hydrogen-bond donors (Lipinski definition) is 1. The fourth-order valence-electron chi connectivity index (χ4n) is 3.60. The minimum absolute atomic E-state index is 0.678. The number of likely N-dealkylation sites (tertiary alicyclic amines) is 1. The molecular weight excluding hydrogens is 286 g/mol. The zero-order valence-corrected chi connectivity index (χ0v) is 13.6. The number of benzene rings is 1. The lowest BCUT2D eigenvalue weighted by molar-refractivity contribution is 0.163. The van der Waals surface area contributed by atoms with Crippen LogP contribution in [0.15, 0.2) is 36.8 Å². The van der Waals surface area contributed by atoms with E-state index in [0.29, 0.717) is 5.92 Å². The van der Waals surface area contributed by atoms with Gasteiger partial charge in [-0.05, 0) is 37.4 Å². The third-order valence-electron chi connectivity index (χ3n) is 4.83. The molecule has 0 amide bonds. The molecule has 3 heterocycles. The maximum absolute atomic E-state index is 4.73. The highest BCUT2D eigenvalue weighted by molar-refractivity contribution is 5.74. The smallest absolute Gasteiger partial charge is 0.107 e. The van der Waals surface area contributed by atoms with E-state index >= 15 is 0 Å². The average Bonchev–Trinajstić information content (AvgIpc) is 3.13. The summed E-state index contributed by atoms with van der Waals surface area (Å²) < 4.78 is 2.11. The highest BCUT2D eigenvalue weighted by atomic mass is 15.2. The number of H-pyrrole nitrogens is 1. The molecule has 120 valence electrons. The quantitative estimate of drug-likeness (QED) is 0.806. The predicted octanol–water partition coefficient (Wildman–Crippen LogP) is 2.75. The number of imidazole rings is 2. The lowest BCUT2D eigenvalue weighted by atomic mass is 9.94. The normalized spacial score (nSPS) is 19.4. The molecule has 1 atom stereocenters. The number of rotatable bonds is 4. The summed E-state index contributed by atoms with van der Waals surface area (Å²) in [6.07, 6.45) is 7.45. The lowest BCUT2D eigenvalue weighted by Gasteiger charge is -2.32. The van der Waals surface area contributed by atoms with Crippen LogP contribution in [0.25, 0.3) is 11.0 Å². The Labute approximate surface area is 136 Å². The number of aryl methyl sites for hydroxylation is 1. The van der Waals surface area contributed by atoms with E-state index in [-0.39, 0.29) is 0 Å². The van der Waals surface area contributed by atoms with E-state index in [4.69, 9.17) is 4.98 Å². The highest BCUT2D eigenvalue weighted by Gasteiger charge is 2.22. The van der Waals surface area contributed by atoms with E-state index in [0.717, 1.165) is 36.4 Å². The molecule has 23 heavy (non-hydrogen) atoms. The Bertz CT molecular complexity index is 754. The number of para-hydroxylation sites is 2. The summed E-state index contributed by atoms with van der Waals surface area (Å²) in [5.74, 6) is 1.80. The maximum atomic E-state index is 4.73. The van der Waals surface area contributed by atoms with Crippen LogP contribution in [0, 0.1) is 5.92 Å². The Hall–Kier alpha value is -2.14. The van der Waals surface area contributed by atoms with Crippen molar-refractivity contribution in [1.29, 1.82) is 0 Å². The summed E-state index contributed by atoms with van der Waals surface area (Å²) in [6.45, 7) is 3.32. The first kappa shape index (κ1) is 14.5. The summed E-state index contributed by atoms with van der Waals surface area (Å²) in [5, 5.41) is 0. The molecule has 0 radical (unpaired) electrons. The van der Waals surface area contributed by atoms with Crippen molar-refractivity contribution < 1.29 is 0 Å². The van der Waals surface area contributed by atoms with Gasteiger partial charge < -0.3 is 9.55 Å². The molecule has 1 N–H and O–H groups in total. The average molecular weight is 309 g/mol. The van der Waals surface area contributed by atoms with Crippen LogP contribution in [-0.2, 0) is 20.0 Å². The largest absolute Gasteiger partial charge is 0.342 e. The first-order valence-electron chi connectivity index (χ1n) is 8.39. The second kappa shape index (κ2) is 6.16. The third kappa shape index (κ3) is 3.15. The van der Waals surface area contributed by atoms with Crippen LogP contribution >= 0.6 is 0 Å². The van der Waals surface area contributed by atoms with Crippen LogP contribution in [0.1, 0.15) is 24.4 Å². The molecule has 1 aromatic carbocycles. The van der Waals surface area contributed by atoms with Gasteiger partial charge in [0.2, 0.25) is 0 Å². The van der Waals surface area contributed by atoms with Crippen LogP contribution in [0.2, 0.25) is 0 Å². The molecule has 5 nitrogen and oxygen atoms in total. The van der Waals surface area contributed by atoms with Gasteiger partial charge in [0.1, 0.15) is 5.82 Å². The first-order chi connectivity index (χ1) is 11.3. The monoisotopic (exact) mass is 309 g/mol. The molecule has 1 aliphatic rings. The molecule has 5 heteroatoms. The van der Waals surface area contributed by atoms with E-state index in [9.17, 15) is 0 Å². The van der Waals surface area contributed by atoms with E-state index in [1.165, 1.54) is 25.1 Å². The number of hydrogen-bond acceptors (Lipinski definition) is 3. The van der Waals surface area contributed by atoms with E-state index in [2.05, 4.69) is 44.7 Å². The van der Waals surface area contributed by atoms with Crippen molar-refractivity contribution in [3.8, 4) is 0 Å². The Balaban J connectivity index is 1.42. The van der Waals surface area contributed by atoms with Crippen molar-refractivity contribution in [3.63, 3.8) is 0 Å². The minimum Gasteiger partial charge on any atom is -0.342 e. The number of nitrogens with zero attached hydrogens (tertiary/aromatic N) is 4. The zero-order chi connectivity index (χ0) is 15.6. The molecule has 0 aliphatic carbocycles. The molecule has 3 aromatic rings. The Kier molecular flexibility index (Phi) is 3.87. The van der Waals surface area contributed by atoms with Gasteiger partial charge in [0.05, 0.1) is 23.1 Å².